The fourth-order valence-corrected chi connectivity index (χ4v) is 1.44. The maximum atomic E-state index is 11.6. The summed E-state index contributed by atoms with van der Waals surface area (Å²) in [5.74, 6) is 1.65. The number of oxazole rings is 1. The maximum Gasteiger partial charge on any atom is 0.413 e. The van der Waals surface area contributed by atoms with E-state index in [0.29, 0.717) is 17.4 Å². The number of ether oxygens (including phenoxy) is 1. The number of nitrogens with one attached hydrogen (secondary N) is 1. The van der Waals surface area contributed by atoms with Crippen LogP contribution in [0.4, 0.5) is 4.79 Å². The summed E-state index contributed by atoms with van der Waals surface area (Å²) in [5.41, 5.74) is 0. The van der Waals surface area contributed by atoms with Gasteiger partial charge in [0.15, 0.2) is 0 Å². The van der Waals surface area contributed by atoms with Gasteiger partial charge in [0.2, 0.25) is 5.89 Å². The molecule has 2 aromatic rings. The number of hydrogen-bond donors (Lipinski definition) is 1. The van der Waals surface area contributed by atoms with Gasteiger partial charge in [0, 0.05) is 0 Å². The van der Waals surface area contributed by atoms with Gasteiger partial charge in [-0.05, 0) is 26.0 Å². The summed E-state index contributed by atoms with van der Waals surface area (Å²) >= 11 is 0. The first-order valence-corrected chi connectivity index (χ1v) is 5.61. The van der Waals surface area contributed by atoms with Gasteiger partial charge in [0.1, 0.15) is 17.6 Å². The minimum absolute atomic E-state index is 0.338. The summed E-state index contributed by atoms with van der Waals surface area (Å²) in [7, 11) is 0. The fourth-order valence-electron chi connectivity index (χ4n) is 1.44. The molecule has 94 valence electrons. The van der Waals surface area contributed by atoms with Crippen molar-refractivity contribution in [2.75, 3.05) is 0 Å². The number of para-hydroxylation sites is 1. The van der Waals surface area contributed by atoms with Gasteiger partial charge in [-0.25, -0.2) is 9.78 Å². The van der Waals surface area contributed by atoms with E-state index in [9.17, 15) is 4.79 Å². The number of nitrogens with zero attached hydrogens (tertiary/aromatic N) is 1. The van der Waals surface area contributed by atoms with Gasteiger partial charge >= 0.3 is 6.09 Å². The molecule has 5 nitrogen and oxygen atoms in total. The van der Waals surface area contributed by atoms with Crippen molar-refractivity contribution in [3.8, 4) is 5.75 Å². The molecule has 0 aliphatic rings. The Morgan fingerprint density at radius 1 is 1.39 bits per heavy atom. The first-order chi connectivity index (χ1) is 8.65. The van der Waals surface area contributed by atoms with Crippen LogP contribution in [0.5, 0.6) is 5.75 Å². The zero-order chi connectivity index (χ0) is 13.0. The molecule has 0 bridgehead atoms. The van der Waals surface area contributed by atoms with Crippen LogP contribution in [-0.2, 0) is 0 Å². The van der Waals surface area contributed by atoms with E-state index in [0.717, 1.165) is 0 Å². The van der Waals surface area contributed by atoms with E-state index in [1.807, 2.05) is 6.07 Å². The van der Waals surface area contributed by atoms with Crippen LogP contribution in [0.3, 0.4) is 0 Å². The third kappa shape index (κ3) is 3.10. The van der Waals surface area contributed by atoms with E-state index in [-0.39, 0.29) is 6.04 Å². The molecule has 5 heteroatoms. The lowest BCUT2D eigenvalue weighted by atomic mass is 10.3. The highest BCUT2D eigenvalue weighted by Crippen LogP contribution is 2.13. The predicted molar refractivity (Wildman–Crippen MR) is 65.3 cm³/mol. The van der Waals surface area contributed by atoms with Crippen molar-refractivity contribution in [1.82, 2.24) is 10.3 Å². The van der Waals surface area contributed by atoms with Gasteiger partial charge in [0.25, 0.3) is 0 Å². The molecule has 1 amide bonds. The number of carbonyl (C=O) groups is 1. The summed E-state index contributed by atoms with van der Waals surface area (Å²) in [6.45, 7) is 3.57. The lowest BCUT2D eigenvalue weighted by Gasteiger charge is -2.10. The highest BCUT2D eigenvalue weighted by atomic mass is 16.6. The summed E-state index contributed by atoms with van der Waals surface area (Å²) in [4.78, 5) is 15.6. The first kappa shape index (κ1) is 12.2. The van der Waals surface area contributed by atoms with Gasteiger partial charge in [-0.15, -0.1) is 0 Å². The van der Waals surface area contributed by atoms with Crippen LogP contribution in [0.1, 0.15) is 24.6 Å². The van der Waals surface area contributed by atoms with Gasteiger partial charge in [-0.3, -0.25) is 0 Å². The zero-order valence-corrected chi connectivity index (χ0v) is 10.2. The van der Waals surface area contributed by atoms with Crippen LogP contribution in [0.2, 0.25) is 0 Å². The predicted octanol–water partition coefficient (Wildman–Crippen LogP) is 2.83. The molecule has 1 aromatic heterocycles. The molecular weight excluding hydrogens is 232 g/mol. The number of aryl methyl sites for hydroxylation is 1. The smallest absolute Gasteiger partial charge is 0.413 e. The Labute approximate surface area is 105 Å². The lowest BCUT2D eigenvalue weighted by Crippen LogP contribution is -2.29. The van der Waals surface area contributed by atoms with Gasteiger partial charge in [0.05, 0.1) is 6.20 Å². The third-order valence-electron chi connectivity index (χ3n) is 2.30. The van der Waals surface area contributed by atoms with Crippen LogP contribution in [0.25, 0.3) is 0 Å². The van der Waals surface area contributed by atoms with Crippen LogP contribution >= 0.6 is 0 Å². The number of hydrogen-bond acceptors (Lipinski definition) is 4. The van der Waals surface area contributed by atoms with E-state index in [2.05, 4.69) is 10.3 Å². The minimum atomic E-state index is -0.537. The second-order valence-corrected chi connectivity index (χ2v) is 3.88. The summed E-state index contributed by atoms with van der Waals surface area (Å²) < 4.78 is 10.4. The molecular formula is C13H14N2O3. The van der Waals surface area contributed by atoms with Crippen molar-refractivity contribution in [2.45, 2.75) is 19.9 Å². The van der Waals surface area contributed by atoms with E-state index in [1.54, 1.807) is 44.3 Å². The fraction of sp³-hybridized carbons (Fsp3) is 0.231. The Balaban J connectivity index is 1.92. The van der Waals surface area contributed by atoms with Gasteiger partial charge < -0.3 is 14.5 Å². The molecule has 0 spiro atoms. The molecule has 1 unspecified atom stereocenters. The quantitative estimate of drug-likeness (QED) is 0.904. The molecule has 1 atom stereocenters. The molecule has 1 aromatic carbocycles. The Morgan fingerprint density at radius 3 is 2.72 bits per heavy atom. The Morgan fingerprint density at radius 2 is 2.11 bits per heavy atom. The number of benzene rings is 1. The van der Waals surface area contributed by atoms with E-state index in [4.69, 9.17) is 9.15 Å². The first-order valence-electron chi connectivity index (χ1n) is 5.61. The second kappa shape index (κ2) is 5.35. The molecule has 2 rings (SSSR count). The SMILES string of the molecule is Cc1cnc(C(C)NC(=O)Oc2ccccc2)o1. The normalized spacial score (nSPS) is 11.9. The van der Waals surface area contributed by atoms with E-state index < -0.39 is 6.09 Å². The highest BCUT2D eigenvalue weighted by molar-refractivity contribution is 5.70. The maximum absolute atomic E-state index is 11.6. The second-order valence-electron chi connectivity index (χ2n) is 3.88. The Kier molecular flexibility index (Phi) is 3.62. The molecule has 0 fully saturated rings. The number of amides is 1. The largest absolute Gasteiger partial charge is 0.444 e. The average Bonchev–Trinajstić information content (AvgIpc) is 2.77. The number of carbonyl (C=O) groups excluding carboxylic acids is 1. The van der Waals surface area contributed by atoms with Crippen molar-refractivity contribution < 1.29 is 13.9 Å². The zero-order valence-electron chi connectivity index (χ0n) is 10.2. The third-order valence-corrected chi connectivity index (χ3v) is 2.30. The highest BCUT2D eigenvalue weighted by Gasteiger charge is 2.15. The molecule has 1 N–H and O–H groups in total. The molecule has 0 radical (unpaired) electrons. The van der Waals surface area contributed by atoms with Crippen molar-refractivity contribution in [1.29, 1.82) is 0 Å². The van der Waals surface area contributed by atoms with Crippen molar-refractivity contribution in [3.63, 3.8) is 0 Å². The molecule has 0 aliphatic heterocycles. The van der Waals surface area contributed by atoms with Crippen LogP contribution in [-0.4, -0.2) is 11.1 Å². The topological polar surface area (TPSA) is 64.4 Å². The molecule has 0 saturated carbocycles. The minimum Gasteiger partial charge on any atom is -0.444 e. The van der Waals surface area contributed by atoms with Crippen molar-refractivity contribution in [2.24, 2.45) is 0 Å². The van der Waals surface area contributed by atoms with E-state index >= 15 is 0 Å². The average molecular weight is 246 g/mol. The number of aromatic nitrogens is 1. The number of rotatable bonds is 3. The molecule has 18 heavy (non-hydrogen) atoms. The van der Waals surface area contributed by atoms with Crippen molar-refractivity contribution >= 4 is 6.09 Å². The van der Waals surface area contributed by atoms with Crippen molar-refractivity contribution in [3.05, 3.63) is 48.2 Å². The Hall–Kier alpha value is -2.30. The van der Waals surface area contributed by atoms with E-state index in [1.165, 1.54) is 0 Å². The Bertz CT molecular complexity index is 522. The summed E-state index contributed by atoms with van der Waals surface area (Å²) in [6.07, 6.45) is 1.07. The molecule has 0 aliphatic carbocycles. The van der Waals surface area contributed by atoms with Crippen LogP contribution in [0.15, 0.2) is 40.9 Å². The van der Waals surface area contributed by atoms with Gasteiger partial charge in [-0.1, -0.05) is 18.2 Å². The monoisotopic (exact) mass is 246 g/mol. The summed E-state index contributed by atoms with van der Waals surface area (Å²) in [5, 5.41) is 2.64. The summed E-state index contributed by atoms with van der Waals surface area (Å²) in [6, 6.07) is 8.52. The lowest BCUT2D eigenvalue weighted by molar-refractivity contribution is 0.194. The molecule has 0 saturated heterocycles. The molecule has 1 heterocycles. The van der Waals surface area contributed by atoms with Crippen LogP contribution < -0.4 is 10.1 Å². The van der Waals surface area contributed by atoms with Gasteiger partial charge in [-0.2, -0.15) is 0 Å². The van der Waals surface area contributed by atoms with Crippen LogP contribution in [0, 0.1) is 6.92 Å². The standard InChI is InChI=1S/C13H14N2O3/c1-9-8-14-12(17-9)10(2)15-13(16)18-11-6-4-3-5-7-11/h3-8,10H,1-2H3,(H,15,16).